The molecular weight excluding hydrogens is 317 g/mol. The summed E-state index contributed by atoms with van der Waals surface area (Å²) in [4.78, 5) is 14.2. The number of aryl methyl sites for hydroxylation is 1. The average Bonchev–Trinajstić information content (AvgIpc) is 2.67. The fraction of sp³-hybridized carbons (Fsp3) is 0.381. The van der Waals surface area contributed by atoms with Gasteiger partial charge in [0.05, 0.1) is 6.10 Å². The van der Waals surface area contributed by atoms with Crippen molar-refractivity contribution in [1.82, 2.24) is 4.90 Å². The Morgan fingerprint density at radius 3 is 2.40 bits per heavy atom. The molecule has 1 saturated heterocycles. The smallest absolute Gasteiger partial charge is 0.222 e. The Bertz CT molecular complexity index is 696. The van der Waals surface area contributed by atoms with Crippen LogP contribution in [0.4, 0.5) is 4.39 Å². The summed E-state index contributed by atoms with van der Waals surface area (Å²) in [6.07, 6.45) is 1.87. The number of likely N-dealkylation sites (tertiary alicyclic amines) is 1. The van der Waals surface area contributed by atoms with Gasteiger partial charge in [-0.3, -0.25) is 4.79 Å². The van der Waals surface area contributed by atoms with Gasteiger partial charge in [-0.1, -0.05) is 48.5 Å². The standard InChI is InChI=1S/C21H24FNO2/c22-19-9-5-4-6-16(19)10-11-20(24)23-14-12-18(13-15-23)21(25)17-7-2-1-3-8-17/h1-9,18,21,25H,10-15H2/t21-/m1/s1. The third-order valence-electron chi connectivity index (χ3n) is 5.05. The maximum atomic E-state index is 13.6. The lowest BCUT2D eigenvalue weighted by atomic mass is 9.87. The van der Waals surface area contributed by atoms with Crippen LogP contribution in [-0.2, 0) is 11.2 Å². The van der Waals surface area contributed by atoms with Crippen LogP contribution in [0.3, 0.4) is 0 Å². The molecule has 2 aromatic rings. The molecule has 132 valence electrons. The zero-order valence-corrected chi connectivity index (χ0v) is 14.3. The number of carbonyl (C=O) groups is 1. The van der Waals surface area contributed by atoms with E-state index < -0.39 is 6.10 Å². The van der Waals surface area contributed by atoms with Crippen LogP contribution in [0.5, 0.6) is 0 Å². The first kappa shape index (κ1) is 17.6. The Balaban J connectivity index is 1.48. The highest BCUT2D eigenvalue weighted by atomic mass is 19.1. The summed E-state index contributed by atoms with van der Waals surface area (Å²) in [5.74, 6) is -0.00564. The lowest BCUT2D eigenvalue weighted by Gasteiger charge is -2.34. The number of benzene rings is 2. The Labute approximate surface area is 148 Å². The first-order chi connectivity index (χ1) is 12.1. The summed E-state index contributed by atoms with van der Waals surface area (Å²) < 4.78 is 13.6. The van der Waals surface area contributed by atoms with Crippen molar-refractivity contribution in [3.05, 3.63) is 71.5 Å². The van der Waals surface area contributed by atoms with Crippen molar-refractivity contribution in [1.29, 1.82) is 0 Å². The summed E-state index contributed by atoms with van der Waals surface area (Å²) in [6.45, 7) is 1.31. The molecule has 0 aromatic heterocycles. The van der Waals surface area contributed by atoms with E-state index in [2.05, 4.69) is 0 Å². The fourth-order valence-electron chi connectivity index (χ4n) is 3.49. The summed E-state index contributed by atoms with van der Waals surface area (Å²) in [6, 6.07) is 16.3. The van der Waals surface area contributed by atoms with Gasteiger partial charge in [-0.2, -0.15) is 0 Å². The highest BCUT2D eigenvalue weighted by Gasteiger charge is 2.28. The predicted molar refractivity (Wildman–Crippen MR) is 95.4 cm³/mol. The number of amides is 1. The molecule has 1 aliphatic heterocycles. The van der Waals surface area contributed by atoms with E-state index in [9.17, 15) is 14.3 Å². The van der Waals surface area contributed by atoms with Crippen LogP contribution in [0, 0.1) is 11.7 Å². The van der Waals surface area contributed by atoms with Crippen LogP contribution in [0.25, 0.3) is 0 Å². The van der Waals surface area contributed by atoms with Crippen molar-refractivity contribution in [2.45, 2.75) is 31.8 Å². The molecule has 4 heteroatoms. The molecule has 1 atom stereocenters. The van der Waals surface area contributed by atoms with Gasteiger partial charge in [-0.25, -0.2) is 4.39 Å². The Kier molecular flexibility index (Phi) is 5.82. The summed E-state index contributed by atoms with van der Waals surface area (Å²) in [5.41, 5.74) is 1.53. The van der Waals surface area contributed by atoms with E-state index in [1.54, 1.807) is 18.2 Å². The van der Waals surface area contributed by atoms with E-state index in [0.29, 0.717) is 31.5 Å². The topological polar surface area (TPSA) is 40.5 Å². The summed E-state index contributed by atoms with van der Waals surface area (Å²) in [7, 11) is 0. The second kappa shape index (κ2) is 8.26. The second-order valence-corrected chi connectivity index (χ2v) is 6.67. The molecule has 0 radical (unpaired) electrons. The number of aliphatic hydroxyl groups excluding tert-OH is 1. The molecule has 0 bridgehead atoms. The van der Waals surface area contributed by atoms with E-state index in [4.69, 9.17) is 0 Å². The average molecular weight is 341 g/mol. The van der Waals surface area contributed by atoms with E-state index in [-0.39, 0.29) is 17.6 Å². The van der Waals surface area contributed by atoms with Crippen molar-refractivity contribution >= 4 is 5.91 Å². The predicted octanol–water partition coefficient (Wildman–Crippen LogP) is 3.73. The molecule has 25 heavy (non-hydrogen) atoms. The monoisotopic (exact) mass is 341 g/mol. The van der Waals surface area contributed by atoms with Gasteiger partial charge in [-0.15, -0.1) is 0 Å². The third kappa shape index (κ3) is 4.45. The van der Waals surface area contributed by atoms with Crippen molar-refractivity contribution in [2.24, 2.45) is 5.92 Å². The van der Waals surface area contributed by atoms with Gasteiger partial charge in [0.2, 0.25) is 5.91 Å². The van der Waals surface area contributed by atoms with Crippen LogP contribution >= 0.6 is 0 Å². The van der Waals surface area contributed by atoms with Crippen LogP contribution in [-0.4, -0.2) is 29.0 Å². The molecule has 1 amide bonds. The molecule has 0 spiro atoms. The lowest BCUT2D eigenvalue weighted by molar-refractivity contribution is -0.133. The highest BCUT2D eigenvalue weighted by Crippen LogP contribution is 2.30. The van der Waals surface area contributed by atoms with Crippen molar-refractivity contribution < 1.29 is 14.3 Å². The Morgan fingerprint density at radius 2 is 1.72 bits per heavy atom. The van der Waals surface area contributed by atoms with E-state index in [0.717, 1.165) is 18.4 Å². The molecular formula is C21H24FNO2. The maximum Gasteiger partial charge on any atom is 0.222 e. The number of halogens is 1. The van der Waals surface area contributed by atoms with Crippen LogP contribution < -0.4 is 0 Å². The quantitative estimate of drug-likeness (QED) is 0.900. The van der Waals surface area contributed by atoms with E-state index in [1.165, 1.54) is 6.07 Å². The van der Waals surface area contributed by atoms with Gasteiger partial charge >= 0.3 is 0 Å². The van der Waals surface area contributed by atoms with Crippen molar-refractivity contribution in [2.75, 3.05) is 13.1 Å². The number of hydrogen-bond acceptors (Lipinski definition) is 2. The first-order valence-corrected chi connectivity index (χ1v) is 8.89. The van der Waals surface area contributed by atoms with Gasteiger partial charge in [0.15, 0.2) is 0 Å². The largest absolute Gasteiger partial charge is 0.388 e. The molecule has 1 N–H and O–H groups in total. The van der Waals surface area contributed by atoms with Gasteiger partial charge in [0.25, 0.3) is 0 Å². The van der Waals surface area contributed by atoms with Crippen molar-refractivity contribution in [3.63, 3.8) is 0 Å². The second-order valence-electron chi connectivity index (χ2n) is 6.67. The number of aliphatic hydroxyl groups is 1. The molecule has 0 unspecified atom stereocenters. The van der Waals surface area contributed by atoms with Crippen LogP contribution in [0.2, 0.25) is 0 Å². The normalized spacial score (nSPS) is 16.6. The molecule has 1 aliphatic rings. The zero-order valence-electron chi connectivity index (χ0n) is 14.3. The number of nitrogens with zero attached hydrogens (tertiary/aromatic N) is 1. The molecule has 0 saturated carbocycles. The van der Waals surface area contributed by atoms with E-state index in [1.807, 2.05) is 35.2 Å². The molecule has 2 aromatic carbocycles. The maximum absolute atomic E-state index is 13.6. The minimum atomic E-state index is -0.475. The fourth-order valence-corrected chi connectivity index (χ4v) is 3.49. The molecule has 0 aliphatic carbocycles. The van der Waals surface area contributed by atoms with Gasteiger partial charge in [0.1, 0.15) is 5.82 Å². The minimum absolute atomic E-state index is 0.0657. The molecule has 1 fully saturated rings. The minimum Gasteiger partial charge on any atom is -0.388 e. The number of rotatable bonds is 5. The van der Waals surface area contributed by atoms with Gasteiger partial charge < -0.3 is 10.0 Å². The van der Waals surface area contributed by atoms with Crippen LogP contribution in [0.15, 0.2) is 54.6 Å². The number of piperidine rings is 1. The van der Waals surface area contributed by atoms with Gasteiger partial charge in [-0.05, 0) is 42.4 Å². The molecule has 1 heterocycles. The first-order valence-electron chi connectivity index (χ1n) is 8.89. The number of hydrogen-bond donors (Lipinski definition) is 1. The summed E-state index contributed by atoms with van der Waals surface area (Å²) in [5, 5.41) is 10.5. The SMILES string of the molecule is O=C(CCc1ccccc1F)N1CCC([C@H](O)c2ccccc2)CC1. The number of carbonyl (C=O) groups excluding carboxylic acids is 1. The molecule has 3 rings (SSSR count). The van der Waals surface area contributed by atoms with Gasteiger partial charge in [0, 0.05) is 19.5 Å². The van der Waals surface area contributed by atoms with Crippen LogP contribution in [0.1, 0.15) is 36.5 Å². The third-order valence-corrected chi connectivity index (χ3v) is 5.05. The Hall–Kier alpha value is -2.20. The zero-order chi connectivity index (χ0) is 17.6. The Morgan fingerprint density at radius 1 is 1.08 bits per heavy atom. The van der Waals surface area contributed by atoms with Crippen molar-refractivity contribution in [3.8, 4) is 0 Å². The van der Waals surface area contributed by atoms with E-state index >= 15 is 0 Å². The highest BCUT2D eigenvalue weighted by molar-refractivity contribution is 5.76. The molecule has 3 nitrogen and oxygen atoms in total. The lowest BCUT2D eigenvalue weighted by Crippen LogP contribution is -2.39. The summed E-state index contributed by atoms with van der Waals surface area (Å²) >= 11 is 0.